The van der Waals surface area contributed by atoms with E-state index in [1.807, 2.05) is 104 Å². The van der Waals surface area contributed by atoms with E-state index in [0.29, 0.717) is 22.7 Å². The molecule has 5 rings (SSSR count). The fraction of sp³-hybridized carbons (Fsp3) is 0.0370. The first-order valence-corrected chi connectivity index (χ1v) is 11.3. The van der Waals surface area contributed by atoms with Crippen LogP contribution in [0.1, 0.15) is 15.2 Å². The quantitative estimate of drug-likeness (QED) is 0.304. The first-order chi connectivity index (χ1) is 16.2. The van der Waals surface area contributed by atoms with Crippen molar-refractivity contribution in [1.29, 1.82) is 0 Å². The van der Waals surface area contributed by atoms with Gasteiger partial charge in [-0.1, -0.05) is 36.4 Å². The summed E-state index contributed by atoms with van der Waals surface area (Å²) in [5.74, 6) is 1.25. The number of aromatic nitrogens is 2. The summed E-state index contributed by atoms with van der Waals surface area (Å²) in [5.41, 5.74) is 2.76. The summed E-state index contributed by atoms with van der Waals surface area (Å²) in [6, 6.07) is 30.7. The predicted octanol–water partition coefficient (Wildman–Crippen LogP) is 6.95. The summed E-state index contributed by atoms with van der Waals surface area (Å²) in [7, 11) is 0. The summed E-state index contributed by atoms with van der Waals surface area (Å²) in [6.07, 6.45) is 1.78. The molecule has 1 amide bonds. The van der Waals surface area contributed by atoms with Crippen molar-refractivity contribution in [3.8, 4) is 27.8 Å². The Hall–Kier alpha value is -4.16. The van der Waals surface area contributed by atoms with Gasteiger partial charge in [-0.15, -0.1) is 11.3 Å². The van der Waals surface area contributed by atoms with Crippen LogP contribution in [0.3, 0.4) is 0 Å². The largest absolute Gasteiger partial charge is 0.457 e. The van der Waals surface area contributed by atoms with Crippen molar-refractivity contribution in [2.45, 2.75) is 6.92 Å². The van der Waals surface area contributed by atoms with Gasteiger partial charge in [-0.25, -0.2) is 4.68 Å². The molecule has 2 heterocycles. The Morgan fingerprint density at radius 3 is 2.18 bits per heavy atom. The van der Waals surface area contributed by atoms with Crippen LogP contribution in [0.4, 0.5) is 5.69 Å². The van der Waals surface area contributed by atoms with Gasteiger partial charge in [0.1, 0.15) is 17.2 Å². The molecule has 0 unspecified atom stereocenters. The first-order valence-electron chi connectivity index (χ1n) is 10.5. The molecule has 0 fully saturated rings. The summed E-state index contributed by atoms with van der Waals surface area (Å²) in [6.45, 7) is 2.04. The highest BCUT2D eigenvalue weighted by molar-refractivity contribution is 7.15. The number of para-hydroxylation sites is 2. The molecule has 6 heteroatoms. The molecule has 162 valence electrons. The number of hydrogen-bond donors (Lipinski definition) is 1. The van der Waals surface area contributed by atoms with Gasteiger partial charge < -0.3 is 10.1 Å². The maximum atomic E-state index is 13.2. The molecule has 0 spiro atoms. The van der Waals surface area contributed by atoms with E-state index in [9.17, 15) is 4.79 Å². The third kappa shape index (κ3) is 4.71. The number of hydrogen-bond acceptors (Lipinski definition) is 4. The van der Waals surface area contributed by atoms with Crippen molar-refractivity contribution in [1.82, 2.24) is 9.78 Å². The van der Waals surface area contributed by atoms with Crippen LogP contribution in [-0.2, 0) is 0 Å². The van der Waals surface area contributed by atoms with E-state index in [4.69, 9.17) is 9.84 Å². The first kappa shape index (κ1) is 20.7. The molecule has 33 heavy (non-hydrogen) atoms. The third-order valence-corrected chi connectivity index (χ3v) is 6.05. The van der Waals surface area contributed by atoms with Crippen LogP contribution in [0.15, 0.2) is 103 Å². The Bertz CT molecular complexity index is 1370. The van der Waals surface area contributed by atoms with Gasteiger partial charge >= 0.3 is 0 Å². The molecule has 0 saturated carbocycles. The number of ether oxygens (including phenoxy) is 1. The van der Waals surface area contributed by atoms with E-state index in [2.05, 4.69) is 5.32 Å². The smallest absolute Gasteiger partial charge is 0.259 e. The minimum absolute atomic E-state index is 0.213. The maximum absolute atomic E-state index is 13.2. The molecular weight excluding hydrogens is 430 g/mol. The zero-order valence-electron chi connectivity index (χ0n) is 17.9. The number of amides is 1. The van der Waals surface area contributed by atoms with Crippen LogP contribution in [0.25, 0.3) is 16.3 Å². The van der Waals surface area contributed by atoms with Crippen molar-refractivity contribution < 1.29 is 9.53 Å². The number of benzene rings is 3. The average molecular weight is 452 g/mol. The van der Waals surface area contributed by atoms with Crippen LogP contribution in [-0.4, -0.2) is 15.7 Å². The molecule has 0 bridgehead atoms. The number of nitrogens with one attached hydrogen (secondary N) is 1. The lowest BCUT2D eigenvalue weighted by molar-refractivity contribution is 0.102. The highest BCUT2D eigenvalue weighted by Crippen LogP contribution is 2.31. The van der Waals surface area contributed by atoms with Crippen LogP contribution in [0, 0.1) is 6.92 Å². The van der Waals surface area contributed by atoms with Gasteiger partial charge in [0.05, 0.1) is 16.1 Å². The van der Waals surface area contributed by atoms with Gasteiger partial charge in [0, 0.05) is 16.8 Å². The number of anilines is 1. The number of thiophene rings is 1. The Balaban J connectivity index is 1.40. The lowest BCUT2D eigenvalue weighted by Crippen LogP contribution is -2.12. The molecule has 0 saturated heterocycles. The lowest BCUT2D eigenvalue weighted by atomic mass is 10.2. The van der Waals surface area contributed by atoms with E-state index < -0.39 is 0 Å². The predicted molar refractivity (Wildman–Crippen MR) is 133 cm³/mol. The fourth-order valence-corrected chi connectivity index (χ4v) is 4.29. The van der Waals surface area contributed by atoms with E-state index in [0.717, 1.165) is 16.3 Å². The van der Waals surface area contributed by atoms with Crippen molar-refractivity contribution in [2.75, 3.05) is 5.32 Å². The van der Waals surface area contributed by atoms with Crippen molar-refractivity contribution in [3.63, 3.8) is 0 Å². The number of nitrogens with zero attached hydrogens (tertiary/aromatic N) is 2. The summed E-state index contributed by atoms with van der Waals surface area (Å²) in [4.78, 5) is 15.4. The van der Waals surface area contributed by atoms with Crippen LogP contribution < -0.4 is 10.1 Å². The van der Waals surface area contributed by atoms with Gasteiger partial charge in [0.25, 0.3) is 5.91 Å². The number of aryl methyl sites for hydroxylation is 1. The van der Waals surface area contributed by atoms with E-state index in [-0.39, 0.29) is 5.91 Å². The second-order valence-corrected chi connectivity index (χ2v) is 8.76. The average Bonchev–Trinajstić information content (AvgIpc) is 3.48. The third-order valence-electron chi connectivity index (χ3n) is 5.04. The number of rotatable bonds is 6. The molecule has 0 aliphatic heterocycles. The monoisotopic (exact) mass is 451 g/mol. The van der Waals surface area contributed by atoms with Crippen LogP contribution in [0.2, 0.25) is 0 Å². The molecular formula is C27H21N3O2S. The highest BCUT2D eigenvalue weighted by Gasteiger charge is 2.20. The zero-order valence-corrected chi connectivity index (χ0v) is 18.8. The molecule has 0 atom stereocenters. The van der Waals surface area contributed by atoms with Gasteiger partial charge in [-0.05, 0) is 67.6 Å². The Labute approximate surface area is 195 Å². The maximum Gasteiger partial charge on any atom is 0.259 e. The molecule has 0 radical (unpaired) electrons. The minimum Gasteiger partial charge on any atom is -0.457 e. The van der Waals surface area contributed by atoms with Gasteiger partial charge in [0.2, 0.25) is 0 Å². The molecule has 5 aromatic rings. The van der Waals surface area contributed by atoms with Gasteiger partial charge in [-0.2, -0.15) is 5.10 Å². The molecule has 1 N–H and O–H groups in total. The Morgan fingerprint density at radius 1 is 0.848 bits per heavy atom. The summed E-state index contributed by atoms with van der Waals surface area (Å²) >= 11 is 1.62. The zero-order chi connectivity index (χ0) is 22.6. The van der Waals surface area contributed by atoms with Crippen molar-refractivity contribution >= 4 is 22.9 Å². The SMILES string of the molecule is Cc1ccc(-c2nn(-c3ccccc3)cc2C(=O)Nc2ccc(Oc3ccccc3)cc2)s1. The summed E-state index contributed by atoms with van der Waals surface area (Å²) < 4.78 is 7.58. The molecule has 5 nitrogen and oxygen atoms in total. The van der Waals surface area contributed by atoms with E-state index in [1.165, 1.54) is 4.88 Å². The van der Waals surface area contributed by atoms with E-state index >= 15 is 0 Å². The summed E-state index contributed by atoms with van der Waals surface area (Å²) in [5, 5.41) is 7.72. The molecule has 0 aliphatic rings. The minimum atomic E-state index is -0.213. The normalized spacial score (nSPS) is 10.7. The Morgan fingerprint density at radius 2 is 1.52 bits per heavy atom. The molecule has 3 aromatic carbocycles. The van der Waals surface area contributed by atoms with Crippen molar-refractivity contribution in [3.05, 3.63) is 114 Å². The van der Waals surface area contributed by atoms with E-state index in [1.54, 1.807) is 22.2 Å². The number of carbonyl (C=O) groups is 1. The standard InChI is InChI=1S/C27H21N3O2S/c1-19-12-17-25(33-19)26-24(18-30(29-26)21-8-4-2-5-9-21)27(31)28-20-13-15-23(16-14-20)32-22-10-6-3-7-11-22/h2-18H,1H3,(H,28,31). The second-order valence-electron chi connectivity index (χ2n) is 7.48. The van der Waals surface area contributed by atoms with Gasteiger partial charge in [0.15, 0.2) is 0 Å². The molecule has 2 aromatic heterocycles. The van der Waals surface area contributed by atoms with Crippen LogP contribution >= 0.6 is 11.3 Å². The lowest BCUT2D eigenvalue weighted by Gasteiger charge is -2.08. The highest BCUT2D eigenvalue weighted by atomic mass is 32.1. The molecule has 0 aliphatic carbocycles. The van der Waals surface area contributed by atoms with Crippen molar-refractivity contribution in [2.24, 2.45) is 0 Å². The number of carbonyl (C=O) groups excluding carboxylic acids is 1. The topological polar surface area (TPSA) is 56.2 Å². The van der Waals surface area contributed by atoms with Crippen LogP contribution in [0.5, 0.6) is 11.5 Å². The fourth-order valence-electron chi connectivity index (χ4n) is 3.43. The van der Waals surface area contributed by atoms with Gasteiger partial charge in [-0.3, -0.25) is 4.79 Å². The second kappa shape index (κ2) is 9.14. The Kier molecular flexibility index (Phi) is 5.74.